The minimum absolute atomic E-state index is 0.0121. The van der Waals surface area contributed by atoms with E-state index in [0.717, 1.165) is 24.8 Å². The van der Waals surface area contributed by atoms with Crippen molar-refractivity contribution in [3.05, 3.63) is 64.4 Å². The van der Waals surface area contributed by atoms with E-state index in [0.29, 0.717) is 16.8 Å². The van der Waals surface area contributed by atoms with Crippen LogP contribution in [-0.4, -0.2) is 35.1 Å². The Morgan fingerprint density at radius 2 is 2.08 bits per heavy atom. The van der Waals surface area contributed by atoms with Crippen LogP contribution in [0.3, 0.4) is 0 Å². The minimum atomic E-state index is -0.592. The quantitative estimate of drug-likeness (QED) is 0.717. The molecule has 0 saturated carbocycles. The Morgan fingerprint density at radius 1 is 1.32 bits per heavy atom. The number of aliphatic hydroxyl groups excluding tert-OH is 1. The number of nitrogens with one attached hydrogen (secondary N) is 2. The van der Waals surface area contributed by atoms with Crippen LogP contribution >= 0.6 is 11.6 Å². The van der Waals surface area contributed by atoms with Gasteiger partial charge in [-0.25, -0.2) is 4.98 Å². The topological polar surface area (TPSA) is 74.2 Å². The van der Waals surface area contributed by atoms with E-state index in [2.05, 4.69) is 15.6 Å². The Hall–Kier alpha value is -1.95. The van der Waals surface area contributed by atoms with Gasteiger partial charge in [-0.1, -0.05) is 29.8 Å². The van der Waals surface area contributed by atoms with Crippen molar-refractivity contribution in [2.75, 3.05) is 7.05 Å². The molecule has 0 bridgehead atoms. The predicted molar refractivity (Wildman–Crippen MR) is 97.7 cm³/mol. The molecule has 3 rings (SSSR count). The smallest absolute Gasteiger partial charge is 0.251 e. The summed E-state index contributed by atoms with van der Waals surface area (Å²) in [6.07, 6.45) is 3.81. The molecule has 3 atom stereocenters. The first-order valence-corrected chi connectivity index (χ1v) is 8.81. The van der Waals surface area contributed by atoms with Crippen LogP contribution in [-0.2, 0) is 6.42 Å². The van der Waals surface area contributed by atoms with E-state index in [1.807, 2.05) is 30.3 Å². The summed E-state index contributed by atoms with van der Waals surface area (Å²) in [7, 11) is 1.63. The van der Waals surface area contributed by atoms with E-state index in [1.54, 1.807) is 19.3 Å². The number of pyridine rings is 1. The van der Waals surface area contributed by atoms with Crippen LogP contribution in [0, 0.1) is 0 Å². The second-order valence-corrected chi connectivity index (χ2v) is 6.77. The lowest BCUT2D eigenvalue weighted by molar-refractivity contribution is 0.0963. The van der Waals surface area contributed by atoms with Gasteiger partial charge in [0.15, 0.2) is 0 Å². The van der Waals surface area contributed by atoms with Crippen LogP contribution < -0.4 is 10.6 Å². The van der Waals surface area contributed by atoms with Crippen molar-refractivity contribution in [3.63, 3.8) is 0 Å². The van der Waals surface area contributed by atoms with Gasteiger partial charge in [0.1, 0.15) is 5.15 Å². The number of aliphatic hydroxyl groups is 1. The molecule has 1 aliphatic heterocycles. The zero-order valence-corrected chi connectivity index (χ0v) is 14.8. The van der Waals surface area contributed by atoms with Crippen LogP contribution in [0.25, 0.3) is 0 Å². The van der Waals surface area contributed by atoms with Crippen LogP contribution in [0.15, 0.2) is 42.6 Å². The van der Waals surface area contributed by atoms with Crippen molar-refractivity contribution < 1.29 is 9.90 Å². The number of benzene rings is 1. The predicted octanol–water partition coefficient (Wildman–Crippen LogP) is 2.49. The highest BCUT2D eigenvalue weighted by Crippen LogP contribution is 2.27. The summed E-state index contributed by atoms with van der Waals surface area (Å²) in [4.78, 5) is 15.6. The third-order valence-corrected chi connectivity index (χ3v) is 4.90. The van der Waals surface area contributed by atoms with E-state index < -0.39 is 6.10 Å². The molecule has 3 N–H and O–H groups in total. The number of hydrogen-bond donors (Lipinski definition) is 3. The summed E-state index contributed by atoms with van der Waals surface area (Å²) < 4.78 is 0. The molecule has 25 heavy (non-hydrogen) atoms. The molecule has 1 saturated heterocycles. The van der Waals surface area contributed by atoms with E-state index in [-0.39, 0.29) is 11.9 Å². The highest BCUT2D eigenvalue weighted by atomic mass is 35.5. The summed E-state index contributed by atoms with van der Waals surface area (Å²) in [5.41, 5.74) is 2.61. The van der Waals surface area contributed by atoms with Crippen molar-refractivity contribution in [3.8, 4) is 0 Å². The number of carbonyl (C=O) groups excluding carboxylic acids is 1. The molecule has 2 aromatic rings. The fourth-order valence-electron chi connectivity index (χ4n) is 3.28. The van der Waals surface area contributed by atoms with Gasteiger partial charge in [-0.2, -0.15) is 0 Å². The van der Waals surface area contributed by atoms with E-state index >= 15 is 0 Å². The molecule has 1 amide bonds. The second-order valence-electron chi connectivity index (χ2n) is 6.39. The van der Waals surface area contributed by atoms with Gasteiger partial charge < -0.3 is 15.7 Å². The van der Waals surface area contributed by atoms with Crippen molar-refractivity contribution in [2.45, 2.75) is 37.5 Å². The Kier molecular flexibility index (Phi) is 5.68. The molecule has 0 spiro atoms. The monoisotopic (exact) mass is 359 g/mol. The normalized spacial score (nSPS) is 21.1. The molecule has 1 aliphatic rings. The summed E-state index contributed by atoms with van der Waals surface area (Å²) >= 11 is 5.80. The molecule has 2 heterocycles. The first-order chi connectivity index (χ1) is 12.1. The van der Waals surface area contributed by atoms with Crippen molar-refractivity contribution >= 4 is 17.5 Å². The number of amides is 1. The number of nitrogens with zero attached hydrogens (tertiary/aromatic N) is 1. The molecular formula is C19H22ClN3O2. The molecule has 1 fully saturated rings. The molecule has 5 nitrogen and oxygen atoms in total. The number of hydrogen-bond acceptors (Lipinski definition) is 4. The molecule has 1 aromatic heterocycles. The highest BCUT2D eigenvalue weighted by molar-refractivity contribution is 6.29. The molecular weight excluding hydrogens is 338 g/mol. The molecule has 0 radical (unpaired) electrons. The number of rotatable bonds is 5. The zero-order chi connectivity index (χ0) is 17.8. The standard InChI is InChI=1S/C19H22ClN3O2/c1-21-19(25)13-4-2-12(3-5-13)10-15-7-8-16(23-15)18(24)14-6-9-17(20)22-11-14/h2-6,9,11,15-16,18,23-24H,7-8,10H2,1H3,(H,21,25)/t15-,16?,18+/m0/s1. The van der Waals surface area contributed by atoms with Gasteiger partial charge in [-0.15, -0.1) is 0 Å². The highest BCUT2D eigenvalue weighted by Gasteiger charge is 2.30. The van der Waals surface area contributed by atoms with Crippen molar-refractivity contribution in [1.82, 2.24) is 15.6 Å². The van der Waals surface area contributed by atoms with E-state index in [1.165, 1.54) is 5.56 Å². The van der Waals surface area contributed by atoms with Gasteiger partial charge in [0.2, 0.25) is 0 Å². The largest absolute Gasteiger partial charge is 0.387 e. The van der Waals surface area contributed by atoms with Crippen molar-refractivity contribution in [1.29, 1.82) is 0 Å². The first kappa shape index (κ1) is 17.9. The van der Waals surface area contributed by atoms with Gasteiger partial charge in [0, 0.05) is 36.5 Å². The number of carbonyl (C=O) groups is 1. The Bertz CT molecular complexity index is 718. The van der Waals surface area contributed by atoms with Gasteiger partial charge in [0.25, 0.3) is 5.91 Å². The third kappa shape index (κ3) is 4.37. The van der Waals surface area contributed by atoms with E-state index in [9.17, 15) is 9.90 Å². The fourth-order valence-corrected chi connectivity index (χ4v) is 3.39. The summed E-state index contributed by atoms with van der Waals surface area (Å²) in [5.74, 6) is -0.0784. The summed E-state index contributed by atoms with van der Waals surface area (Å²) in [6.45, 7) is 0. The van der Waals surface area contributed by atoms with Crippen molar-refractivity contribution in [2.24, 2.45) is 0 Å². The second kappa shape index (κ2) is 7.95. The molecule has 132 valence electrons. The average molecular weight is 360 g/mol. The molecule has 6 heteroatoms. The van der Waals surface area contributed by atoms with Crippen LogP contribution in [0.5, 0.6) is 0 Å². The molecule has 0 aliphatic carbocycles. The van der Waals surface area contributed by atoms with Crippen LogP contribution in [0.2, 0.25) is 5.15 Å². The van der Waals surface area contributed by atoms with Gasteiger partial charge >= 0.3 is 0 Å². The first-order valence-electron chi connectivity index (χ1n) is 8.43. The Balaban J connectivity index is 1.57. The van der Waals surface area contributed by atoms with E-state index in [4.69, 9.17) is 11.6 Å². The molecule has 1 unspecified atom stereocenters. The lowest BCUT2D eigenvalue weighted by Gasteiger charge is -2.20. The Morgan fingerprint density at radius 3 is 2.72 bits per heavy atom. The van der Waals surface area contributed by atoms with Crippen LogP contribution in [0.4, 0.5) is 0 Å². The summed E-state index contributed by atoms with van der Waals surface area (Å²) in [6, 6.07) is 11.5. The SMILES string of the molecule is CNC(=O)c1ccc(C[C@@H]2CCC([C@H](O)c3ccc(Cl)nc3)N2)cc1. The fraction of sp³-hybridized carbons (Fsp3) is 0.368. The number of halogens is 1. The minimum Gasteiger partial charge on any atom is -0.387 e. The summed E-state index contributed by atoms with van der Waals surface area (Å²) in [5, 5.41) is 17.1. The molecule has 1 aromatic carbocycles. The van der Waals surface area contributed by atoms with Gasteiger partial charge in [-0.3, -0.25) is 4.79 Å². The maximum Gasteiger partial charge on any atom is 0.251 e. The van der Waals surface area contributed by atoms with Gasteiger partial charge in [-0.05, 0) is 43.0 Å². The Labute approximate surface area is 152 Å². The lowest BCUT2D eigenvalue weighted by Crippen LogP contribution is -2.35. The lowest BCUT2D eigenvalue weighted by atomic mass is 10.0. The van der Waals surface area contributed by atoms with Crippen LogP contribution in [0.1, 0.15) is 40.4 Å². The third-order valence-electron chi connectivity index (χ3n) is 4.67. The maximum atomic E-state index is 11.6. The zero-order valence-electron chi connectivity index (χ0n) is 14.1. The van der Waals surface area contributed by atoms with Gasteiger partial charge in [0.05, 0.1) is 6.10 Å². The number of aromatic nitrogens is 1. The average Bonchev–Trinajstić information content (AvgIpc) is 3.10. The maximum absolute atomic E-state index is 11.6.